The SMILES string of the molecule is CCCN1C(=O)C(=Cc2c(N3CCCCC3)c3ccccc3n(C)c2=O)SC1=S. The Balaban J connectivity index is 1.92. The van der Waals surface area contributed by atoms with Crippen LogP contribution < -0.4 is 10.5 Å². The second kappa shape index (κ2) is 8.32. The van der Waals surface area contributed by atoms with Crippen LogP contribution in [0.4, 0.5) is 5.69 Å². The van der Waals surface area contributed by atoms with Gasteiger partial charge >= 0.3 is 0 Å². The lowest BCUT2D eigenvalue weighted by molar-refractivity contribution is -0.122. The Morgan fingerprint density at radius 3 is 2.59 bits per heavy atom. The molecule has 0 radical (unpaired) electrons. The van der Waals surface area contributed by atoms with Gasteiger partial charge < -0.3 is 9.47 Å². The highest BCUT2D eigenvalue weighted by Crippen LogP contribution is 2.36. The predicted octanol–water partition coefficient (Wildman–Crippen LogP) is 4.14. The lowest BCUT2D eigenvalue weighted by Gasteiger charge is -2.31. The Kier molecular flexibility index (Phi) is 5.79. The van der Waals surface area contributed by atoms with Crippen molar-refractivity contribution in [3.05, 3.63) is 45.1 Å². The van der Waals surface area contributed by atoms with Crippen LogP contribution in [0.3, 0.4) is 0 Å². The van der Waals surface area contributed by atoms with Crippen LogP contribution in [0.5, 0.6) is 0 Å². The zero-order chi connectivity index (χ0) is 20.5. The molecular weight excluding hydrogens is 402 g/mol. The van der Waals surface area contributed by atoms with Gasteiger partial charge in [0.05, 0.1) is 21.7 Å². The number of carbonyl (C=O) groups is 1. The zero-order valence-electron chi connectivity index (χ0n) is 16.8. The van der Waals surface area contributed by atoms with Gasteiger partial charge in [0.25, 0.3) is 11.5 Å². The van der Waals surface area contributed by atoms with E-state index in [0.717, 1.165) is 48.9 Å². The molecule has 2 aromatic rings. The molecule has 2 aliphatic rings. The maximum absolute atomic E-state index is 13.4. The summed E-state index contributed by atoms with van der Waals surface area (Å²) in [6, 6.07) is 8.01. The Labute approximate surface area is 180 Å². The maximum atomic E-state index is 13.4. The normalized spacial score (nSPS) is 19.0. The van der Waals surface area contributed by atoms with Crippen molar-refractivity contribution in [2.45, 2.75) is 32.6 Å². The van der Waals surface area contributed by atoms with Crippen LogP contribution in [-0.4, -0.2) is 39.3 Å². The molecule has 4 rings (SSSR count). The highest BCUT2D eigenvalue weighted by molar-refractivity contribution is 8.26. The van der Waals surface area contributed by atoms with E-state index in [0.29, 0.717) is 21.3 Å². The van der Waals surface area contributed by atoms with Crippen molar-refractivity contribution >= 4 is 56.9 Å². The topological polar surface area (TPSA) is 45.6 Å². The molecule has 1 aromatic heterocycles. The van der Waals surface area contributed by atoms with Crippen LogP contribution in [0, 0.1) is 0 Å². The largest absolute Gasteiger partial charge is 0.370 e. The number of fused-ring (bicyclic) bond motifs is 1. The number of nitrogens with zero attached hydrogens (tertiary/aromatic N) is 3. The molecule has 0 N–H and O–H groups in total. The predicted molar refractivity (Wildman–Crippen MR) is 125 cm³/mol. The highest BCUT2D eigenvalue weighted by Gasteiger charge is 2.32. The molecule has 29 heavy (non-hydrogen) atoms. The van der Waals surface area contributed by atoms with E-state index in [4.69, 9.17) is 12.2 Å². The number of hydrogen-bond acceptors (Lipinski definition) is 5. The molecule has 2 saturated heterocycles. The van der Waals surface area contributed by atoms with Crippen LogP contribution in [-0.2, 0) is 11.8 Å². The van der Waals surface area contributed by atoms with Gasteiger partial charge in [-0.3, -0.25) is 14.5 Å². The number of amides is 1. The summed E-state index contributed by atoms with van der Waals surface area (Å²) in [5.74, 6) is -0.0957. The summed E-state index contributed by atoms with van der Waals surface area (Å²) in [6.45, 7) is 4.48. The van der Waals surface area contributed by atoms with E-state index in [1.54, 1.807) is 22.6 Å². The van der Waals surface area contributed by atoms with Crippen molar-refractivity contribution in [1.82, 2.24) is 9.47 Å². The molecule has 3 heterocycles. The molecule has 2 aliphatic heterocycles. The van der Waals surface area contributed by atoms with Crippen molar-refractivity contribution in [2.75, 3.05) is 24.5 Å². The number of anilines is 1. The van der Waals surface area contributed by atoms with E-state index in [1.165, 1.54) is 18.2 Å². The number of para-hydroxylation sites is 1. The van der Waals surface area contributed by atoms with Gasteiger partial charge in [0, 0.05) is 32.1 Å². The first-order valence-electron chi connectivity index (χ1n) is 10.1. The zero-order valence-corrected chi connectivity index (χ0v) is 18.4. The van der Waals surface area contributed by atoms with Crippen molar-refractivity contribution in [1.29, 1.82) is 0 Å². The molecule has 0 bridgehead atoms. The first-order chi connectivity index (χ1) is 14.0. The van der Waals surface area contributed by atoms with E-state index < -0.39 is 0 Å². The van der Waals surface area contributed by atoms with Crippen LogP contribution in [0.25, 0.3) is 17.0 Å². The van der Waals surface area contributed by atoms with E-state index in [-0.39, 0.29) is 11.5 Å². The average molecular weight is 428 g/mol. The van der Waals surface area contributed by atoms with Gasteiger partial charge in [-0.15, -0.1) is 0 Å². The van der Waals surface area contributed by atoms with Crippen LogP contribution in [0.2, 0.25) is 0 Å². The number of benzene rings is 1. The fourth-order valence-electron chi connectivity index (χ4n) is 4.14. The molecule has 0 saturated carbocycles. The van der Waals surface area contributed by atoms with E-state index in [2.05, 4.69) is 11.0 Å². The molecule has 5 nitrogen and oxygen atoms in total. The molecule has 0 unspecified atom stereocenters. The third-order valence-electron chi connectivity index (χ3n) is 5.58. The number of thiocarbonyl (C=S) groups is 1. The molecule has 0 aliphatic carbocycles. The summed E-state index contributed by atoms with van der Waals surface area (Å²) in [5.41, 5.74) is 2.37. The van der Waals surface area contributed by atoms with Gasteiger partial charge in [-0.25, -0.2) is 0 Å². The van der Waals surface area contributed by atoms with Crippen molar-refractivity contribution < 1.29 is 4.79 Å². The maximum Gasteiger partial charge on any atom is 0.266 e. The quantitative estimate of drug-likeness (QED) is 0.542. The Hall–Kier alpha value is -2.12. The van der Waals surface area contributed by atoms with Crippen LogP contribution in [0.1, 0.15) is 38.2 Å². The fraction of sp³-hybridized carbons (Fsp3) is 0.409. The molecule has 0 atom stereocenters. The molecule has 1 aromatic carbocycles. The lowest BCUT2D eigenvalue weighted by atomic mass is 10.0. The van der Waals surface area contributed by atoms with E-state index >= 15 is 0 Å². The monoisotopic (exact) mass is 427 g/mol. The van der Waals surface area contributed by atoms with Crippen LogP contribution in [0.15, 0.2) is 34.0 Å². The van der Waals surface area contributed by atoms with Gasteiger partial charge in [0.2, 0.25) is 0 Å². The number of hydrogen-bond donors (Lipinski definition) is 0. The first kappa shape index (κ1) is 20.2. The number of carbonyl (C=O) groups excluding carboxylic acids is 1. The molecule has 1 amide bonds. The highest BCUT2D eigenvalue weighted by atomic mass is 32.2. The van der Waals surface area contributed by atoms with Gasteiger partial charge in [-0.2, -0.15) is 0 Å². The Bertz CT molecular complexity index is 1070. The first-order valence-corrected chi connectivity index (χ1v) is 11.4. The minimum Gasteiger partial charge on any atom is -0.370 e. The van der Waals surface area contributed by atoms with E-state index in [9.17, 15) is 9.59 Å². The third kappa shape index (κ3) is 3.62. The fourth-order valence-corrected chi connectivity index (χ4v) is 5.43. The summed E-state index contributed by atoms with van der Waals surface area (Å²) < 4.78 is 2.25. The summed E-state index contributed by atoms with van der Waals surface area (Å²) >= 11 is 6.70. The Morgan fingerprint density at radius 2 is 1.86 bits per heavy atom. The van der Waals surface area contributed by atoms with Crippen molar-refractivity contribution in [2.24, 2.45) is 7.05 Å². The number of pyridine rings is 1. The minimum atomic E-state index is -0.0957. The lowest BCUT2D eigenvalue weighted by Crippen LogP contribution is -2.33. The summed E-state index contributed by atoms with van der Waals surface area (Å²) in [4.78, 5) is 30.7. The second-order valence-corrected chi connectivity index (χ2v) is 9.20. The number of piperidine rings is 1. The number of rotatable bonds is 4. The van der Waals surface area contributed by atoms with E-state index in [1.807, 2.05) is 25.1 Å². The standard InChI is InChI=1S/C22H25N3O2S2/c1-3-11-25-21(27)18(29-22(25)28)14-16-19(24-12-7-4-8-13-24)15-9-5-6-10-17(15)23(2)20(16)26/h5-6,9-10,14H,3-4,7-8,11-13H2,1-2H3. The molecule has 0 spiro atoms. The van der Waals surface area contributed by atoms with Gasteiger partial charge in [-0.1, -0.05) is 49.1 Å². The van der Waals surface area contributed by atoms with Crippen molar-refractivity contribution in [3.63, 3.8) is 0 Å². The van der Waals surface area contributed by atoms with Gasteiger partial charge in [0.1, 0.15) is 4.32 Å². The molecule has 2 fully saturated rings. The van der Waals surface area contributed by atoms with Gasteiger partial charge in [0.15, 0.2) is 0 Å². The number of aromatic nitrogens is 1. The molecule has 152 valence electrons. The summed E-state index contributed by atoms with van der Waals surface area (Å²) in [7, 11) is 1.80. The smallest absolute Gasteiger partial charge is 0.266 e. The minimum absolute atomic E-state index is 0.0787. The van der Waals surface area contributed by atoms with Crippen LogP contribution >= 0.6 is 24.0 Å². The second-order valence-electron chi connectivity index (χ2n) is 7.52. The number of aryl methyl sites for hydroxylation is 1. The summed E-state index contributed by atoms with van der Waals surface area (Å²) in [6.07, 6.45) is 6.05. The molecular formula is C22H25N3O2S2. The Morgan fingerprint density at radius 1 is 1.14 bits per heavy atom. The summed E-state index contributed by atoms with van der Waals surface area (Å²) in [5, 5.41) is 1.05. The average Bonchev–Trinajstić information content (AvgIpc) is 3.00. The number of thioether (sulfide) groups is 1. The van der Waals surface area contributed by atoms with Crippen molar-refractivity contribution in [3.8, 4) is 0 Å². The van der Waals surface area contributed by atoms with Gasteiger partial charge in [-0.05, 0) is 37.8 Å². The third-order valence-corrected chi connectivity index (χ3v) is 6.96. The molecule has 7 heteroatoms.